The van der Waals surface area contributed by atoms with E-state index in [1.165, 1.54) is 13.2 Å². The molecule has 0 amide bonds. The molecule has 0 spiro atoms. The van der Waals surface area contributed by atoms with Crippen molar-refractivity contribution in [3.05, 3.63) is 17.5 Å². The Morgan fingerprint density at radius 3 is 2.61 bits per heavy atom. The van der Waals surface area contributed by atoms with E-state index in [9.17, 15) is 9.90 Å². The van der Waals surface area contributed by atoms with E-state index in [0.717, 1.165) is 0 Å². The van der Waals surface area contributed by atoms with Gasteiger partial charge in [0.25, 0.3) is 0 Å². The summed E-state index contributed by atoms with van der Waals surface area (Å²) in [6.07, 6.45) is 0. The number of carbonyl (C=O) groups is 1. The van der Waals surface area contributed by atoms with E-state index in [-0.39, 0.29) is 11.4 Å². The van der Waals surface area contributed by atoms with Crippen molar-refractivity contribution in [2.24, 2.45) is 0 Å². The SMILES string of the molecule is COc1cc(C2(C)OCCO2)nc(C(=O)O)c1O. The minimum Gasteiger partial charge on any atom is -0.503 e. The van der Waals surface area contributed by atoms with Crippen molar-refractivity contribution >= 4 is 5.97 Å². The van der Waals surface area contributed by atoms with Crippen molar-refractivity contribution in [2.45, 2.75) is 12.7 Å². The van der Waals surface area contributed by atoms with Gasteiger partial charge in [0, 0.05) is 6.07 Å². The van der Waals surface area contributed by atoms with Gasteiger partial charge in [-0.1, -0.05) is 0 Å². The molecule has 1 aromatic heterocycles. The molecule has 0 radical (unpaired) electrons. The maximum atomic E-state index is 11.0. The summed E-state index contributed by atoms with van der Waals surface area (Å²) >= 11 is 0. The number of aromatic carboxylic acids is 1. The quantitative estimate of drug-likeness (QED) is 0.820. The molecule has 18 heavy (non-hydrogen) atoms. The zero-order valence-corrected chi connectivity index (χ0v) is 9.97. The minimum absolute atomic E-state index is 0.0118. The van der Waals surface area contributed by atoms with Crippen molar-refractivity contribution in [1.29, 1.82) is 0 Å². The summed E-state index contributed by atoms with van der Waals surface area (Å²) in [6, 6.07) is 1.40. The Labute approximate surface area is 103 Å². The van der Waals surface area contributed by atoms with Gasteiger partial charge in [-0.15, -0.1) is 0 Å². The first-order valence-corrected chi connectivity index (χ1v) is 5.27. The average molecular weight is 255 g/mol. The standard InChI is InChI=1S/C11H13NO6/c1-11(17-3-4-18-11)7-5-6(16-2)9(13)8(12-7)10(14)15/h5,13H,3-4H2,1-2H3,(H,14,15). The van der Waals surface area contributed by atoms with Gasteiger partial charge in [-0.3, -0.25) is 0 Å². The largest absolute Gasteiger partial charge is 0.503 e. The lowest BCUT2D eigenvalue weighted by atomic mass is 10.1. The molecule has 1 aliphatic heterocycles. The van der Waals surface area contributed by atoms with Crippen LogP contribution in [0.3, 0.4) is 0 Å². The van der Waals surface area contributed by atoms with Crippen LogP contribution in [-0.4, -0.2) is 41.5 Å². The lowest BCUT2D eigenvalue weighted by Crippen LogP contribution is -2.25. The first-order chi connectivity index (χ1) is 8.48. The Kier molecular flexibility index (Phi) is 3.10. The number of hydrogen-bond donors (Lipinski definition) is 2. The molecule has 0 atom stereocenters. The number of aromatic nitrogens is 1. The average Bonchev–Trinajstić information content (AvgIpc) is 2.77. The van der Waals surface area contributed by atoms with Gasteiger partial charge in [0.05, 0.1) is 20.3 Å². The van der Waals surface area contributed by atoms with Gasteiger partial charge < -0.3 is 24.4 Å². The molecule has 0 bridgehead atoms. The highest BCUT2D eigenvalue weighted by molar-refractivity contribution is 5.89. The summed E-state index contributed by atoms with van der Waals surface area (Å²) in [5.41, 5.74) is -0.253. The minimum atomic E-state index is -1.35. The van der Waals surface area contributed by atoms with Gasteiger partial charge >= 0.3 is 5.97 Å². The van der Waals surface area contributed by atoms with Crippen molar-refractivity contribution < 1.29 is 29.2 Å². The van der Waals surface area contributed by atoms with Crippen LogP contribution in [0.1, 0.15) is 23.1 Å². The molecule has 1 aliphatic rings. The molecule has 2 heterocycles. The van der Waals surface area contributed by atoms with E-state index in [2.05, 4.69) is 4.98 Å². The van der Waals surface area contributed by atoms with Gasteiger partial charge in [-0.05, 0) is 6.92 Å². The molecular formula is C11H13NO6. The number of hydrogen-bond acceptors (Lipinski definition) is 6. The summed E-state index contributed by atoms with van der Waals surface area (Å²) in [6.45, 7) is 2.41. The van der Waals surface area contributed by atoms with Crippen molar-refractivity contribution in [1.82, 2.24) is 4.98 Å². The van der Waals surface area contributed by atoms with Crippen LogP contribution in [0.15, 0.2) is 6.07 Å². The third-order valence-electron chi connectivity index (χ3n) is 2.68. The van der Waals surface area contributed by atoms with E-state index >= 15 is 0 Å². The number of rotatable bonds is 3. The molecule has 7 nitrogen and oxygen atoms in total. The fourth-order valence-electron chi connectivity index (χ4n) is 1.71. The third kappa shape index (κ3) is 1.98. The highest BCUT2D eigenvalue weighted by atomic mass is 16.7. The van der Waals surface area contributed by atoms with Crippen LogP contribution in [-0.2, 0) is 15.3 Å². The van der Waals surface area contributed by atoms with Gasteiger partial charge in [-0.25, -0.2) is 9.78 Å². The van der Waals surface area contributed by atoms with Gasteiger partial charge in [0.15, 0.2) is 17.2 Å². The molecule has 98 valence electrons. The Bertz CT molecular complexity index is 481. The van der Waals surface area contributed by atoms with Crippen LogP contribution in [0, 0.1) is 0 Å². The van der Waals surface area contributed by atoms with E-state index in [1.807, 2.05) is 0 Å². The summed E-state index contributed by atoms with van der Waals surface area (Å²) in [7, 11) is 1.32. The summed E-state index contributed by atoms with van der Waals surface area (Å²) < 4.78 is 15.7. The number of carboxylic acid groups (broad SMARTS) is 1. The highest BCUT2D eigenvalue weighted by Crippen LogP contribution is 2.36. The van der Waals surface area contributed by atoms with E-state index < -0.39 is 23.2 Å². The molecular weight excluding hydrogens is 242 g/mol. The van der Waals surface area contributed by atoms with Crippen LogP contribution >= 0.6 is 0 Å². The second-order valence-corrected chi connectivity index (χ2v) is 3.85. The molecule has 7 heteroatoms. The molecule has 1 aromatic rings. The van der Waals surface area contributed by atoms with Gasteiger partial charge in [0.1, 0.15) is 5.69 Å². The van der Waals surface area contributed by atoms with Crippen LogP contribution in [0.5, 0.6) is 11.5 Å². The van der Waals surface area contributed by atoms with Crippen LogP contribution < -0.4 is 4.74 Å². The predicted molar refractivity (Wildman–Crippen MR) is 58.7 cm³/mol. The molecule has 2 N–H and O–H groups in total. The summed E-state index contributed by atoms with van der Waals surface area (Å²) in [5.74, 6) is -2.98. The number of pyridine rings is 1. The van der Waals surface area contributed by atoms with Crippen molar-refractivity contribution in [2.75, 3.05) is 20.3 Å². The Balaban J connectivity index is 2.55. The molecule has 1 fully saturated rings. The predicted octanol–water partition coefficient (Wildman–Crippen LogP) is 0.713. The molecule has 0 unspecified atom stereocenters. The Morgan fingerprint density at radius 2 is 2.11 bits per heavy atom. The number of carboxylic acids is 1. The normalized spacial score (nSPS) is 17.7. The second-order valence-electron chi connectivity index (χ2n) is 3.85. The van der Waals surface area contributed by atoms with Crippen molar-refractivity contribution in [3.8, 4) is 11.5 Å². The number of aromatic hydroxyl groups is 1. The maximum absolute atomic E-state index is 11.0. The first-order valence-electron chi connectivity index (χ1n) is 5.27. The Hall–Kier alpha value is -1.86. The highest BCUT2D eigenvalue weighted by Gasteiger charge is 2.36. The van der Waals surface area contributed by atoms with Crippen LogP contribution in [0.4, 0.5) is 0 Å². The second kappa shape index (κ2) is 4.43. The van der Waals surface area contributed by atoms with Gasteiger partial charge in [-0.2, -0.15) is 0 Å². The molecule has 1 saturated heterocycles. The number of methoxy groups -OCH3 is 1. The van der Waals surface area contributed by atoms with Gasteiger partial charge in [0.2, 0.25) is 5.79 Å². The summed E-state index contributed by atoms with van der Waals surface area (Å²) in [5, 5.41) is 18.6. The smallest absolute Gasteiger partial charge is 0.358 e. The lowest BCUT2D eigenvalue weighted by Gasteiger charge is -2.22. The first kappa shape index (κ1) is 12.6. The topological polar surface area (TPSA) is 98.1 Å². The summed E-state index contributed by atoms with van der Waals surface area (Å²) in [4.78, 5) is 14.9. The van der Waals surface area contributed by atoms with E-state index in [0.29, 0.717) is 13.2 Å². The van der Waals surface area contributed by atoms with Crippen LogP contribution in [0.25, 0.3) is 0 Å². The van der Waals surface area contributed by atoms with Crippen molar-refractivity contribution in [3.63, 3.8) is 0 Å². The third-order valence-corrected chi connectivity index (χ3v) is 2.68. The van der Waals surface area contributed by atoms with E-state index in [1.54, 1.807) is 6.92 Å². The maximum Gasteiger partial charge on any atom is 0.358 e. The fraction of sp³-hybridized carbons (Fsp3) is 0.455. The van der Waals surface area contributed by atoms with Crippen LogP contribution in [0.2, 0.25) is 0 Å². The molecule has 0 aliphatic carbocycles. The zero-order valence-electron chi connectivity index (χ0n) is 9.97. The number of nitrogens with zero attached hydrogens (tertiary/aromatic N) is 1. The van der Waals surface area contributed by atoms with E-state index in [4.69, 9.17) is 19.3 Å². The monoisotopic (exact) mass is 255 g/mol. The lowest BCUT2D eigenvalue weighted by molar-refractivity contribution is -0.152. The Morgan fingerprint density at radius 1 is 1.50 bits per heavy atom. The molecule has 0 aromatic carbocycles. The number of ether oxygens (including phenoxy) is 3. The molecule has 0 saturated carbocycles. The zero-order chi connectivity index (χ0) is 13.3. The fourth-order valence-corrected chi connectivity index (χ4v) is 1.71. The molecule has 2 rings (SSSR count).